The van der Waals surface area contributed by atoms with Gasteiger partial charge in [-0.15, -0.1) is 12.4 Å². The van der Waals surface area contributed by atoms with E-state index in [0.29, 0.717) is 19.0 Å². The second kappa shape index (κ2) is 7.04. The van der Waals surface area contributed by atoms with Crippen LogP contribution >= 0.6 is 28.3 Å². The van der Waals surface area contributed by atoms with Gasteiger partial charge in [-0.3, -0.25) is 0 Å². The zero-order valence-electron chi connectivity index (χ0n) is 11.3. The minimum atomic E-state index is -4.62. The summed E-state index contributed by atoms with van der Waals surface area (Å²) in [5.74, 6) is 0.0531. The van der Waals surface area contributed by atoms with Gasteiger partial charge in [0.15, 0.2) is 0 Å². The van der Waals surface area contributed by atoms with Crippen LogP contribution in [-0.4, -0.2) is 32.4 Å². The zero-order chi connectivity index (χ0) is 15.8. The van der Waals surface area contributed by atoms with Crippen molar-refractivity contribution in [3.05, 3.63) is 28.2 Å². The van der Waals surface area contributed by atoms with Crippen molar-refractivity contribution in [3.63, 3.8) is 0 Å². The minimum Gasteiger partial charge on any atom is -0.330 e. The van der Waals surface area contributed by atoms with Crippen molar-refractivity contribution in [2.75, 3.05) is 19.6 Å². The molecule has 0 aromatic heterocycles. The Kier molecular flexibility index (Phi) is 6.30. The van der Waals surface area contributed by atoms with Gasteiger partial charge >= 0.3 is 6.18 Å². The molecule has 0 aliphatic carbocycles. The maximum atomic E-state index is 12.9. The predicted molar refractivity (Wildman–Crippen MR) is 82.3 cm³/mol. The van der Waals surface area contributed by atoms with Crippen molar-refractivity contribution >= 4 is 38.4 Å². The maximum Gasteiger partial charge on any atom is 0.417 e. The van der Waals surface area contributed by atoms with E-state index in [4.69, 9.17) is 5.73 Å². The summed E-state index contributed by atoms with van der Waals surface area (Å²) < 4.78 is 64.3. The van der Waals surface area contributed by atoms with Crippen molar-refractivity contribution in [1.29, 1.82) is 0 Å². The number of sulfonamides is 1. The van der Waals surface area contributed by atoms with Crippen LogP contribution in [0.1, 0.15) is 12.0 Å². The van der Waals surface area contributed by atoms with Crippen LogP contribution in [0.15, 0.2) is 27.6 Å². The van der Waals surface area contributed by atoms with Gasteiger partial charge < -0.3 is 5.73 Å². The summed E-state index contributed by atoms with van der Waals surface area (Å²) in [5.41, 5.74) is 4.50. The molecule has 1 aromatic carbocycles. The molecule has 1 unspecified atom stereocenters. The number of rotatable bonds is 3. The van der Waals surface area contributed by atoms with Gasteiger partial charge in [0.25, 0.3) is 0 Å². The van der Waals surface area contributed by atoms with Crippen LogP contribution in [0, 0.1) is 5.92 Å². The van der Waals surface area contributed by atoms with Crippen LogP contribution in [-0.2, 0) is 16.2 Å². The van der Waals surface area contributed by atoms with Gasteiger partial charge in [-0.25, -0.2) is 8.42 Å². The van der Waals surface area contributed by atoms with Gasteiger partial charge in [0.05, 0.1) is 10.5 Å². The molecule has 1 heterocycles. The topological polar surface area (TPSA) is 63.4 Å². The predicted octanol–water partition coefficient (Wildman–Crippen LogP) is 2.86. The maximum absolute atomic E-state index is 12.9. The molecule has 0 bridgehead atoms. The van der Waals surface area contributed by atoms with Crippen molar-refractivity contribution in [3.8, 4) is 0 Å². The highest BCUT2D eigenvalue weighted by Crippen LogP contribution is 2.37. The van der Waals surface area contributed by atoms with Gasteiger partial charge in [0, 0.05) is 17.6 Å². The summed E-state index contributed by atoms with van der Waals surface area (Å²) in [5, 5.41) is 0. The lowest BCUT2D eigenvalue weighted by atomic mass is 10.1. The molecular weight excluding hydrogens is 409 g/mol. The fourth-order valence-corrected chi connectivity index (χ4v) is 4.27. The molecule has 1 aliphatic heterocycles. The number of alkyl halides is 3. The van der Waals surface area contributed by atoms with Crippen molar-refractivity contribution in [1.82, 2.24) is 4.31 Å². The van der Waals surface area contributed by atoms with Gasteiger partial charge in [-0.1, -0.05) is 15.9 Å². The van der Waals surface area contributed by atoms with Crippen LogP contribution in [0.2, 0.25) is 0 Å². The zero-order valence-corrected chi connectivity index (χ0v) is 14.5. The van der Waals surface area contributed by atoms with E-state index in [-0.39, 0.29) is 40.8 Å². The van der Waals surface area contributed by atoms with E-state index in [1.54, 1.807) is 0 Å². The van der Waals surface area contributed by atoms with Gasteiger partial charge in [0.1, 0.15) is 0 Å². The molecule has 4 nitrogen and oxygen atoms in total. The largest absolute Gasteiger partial charge is 0.417 e. The van der Waals surface area contributed by atoms with E-state index in [2.05, 4.69) is 15.9 Å². The Bertz CT molecular complexity index is 640. The van der Waals surface area contributed by atoms with Crippen LogP contribution in [0.25, 0.3) is 0 Å². The molecule has 0 radical (unpaired) electrons. The first-order valence-corrected chi connectivity index (χ1v) is 8.46. The third kappa shape index (κ3) is 3.94. The van der Waals surface area contributed by atoms with E-state index in [1.807, 2.05) is 0 Å². The van der Waals surface area contributed by atoms with E-state index >= 15 is 0 Å². The third-order valence-electron chi connectivity index (χ3n) is 3.46. The smallest absolute Gasteiger partial charge is 0.330 e. The Morgan fingerprint density at radius 3 is 2.50 bits per heavy atom. The van der Waals surface area contributed by atoms with Gasteiger partial charge in [0.2, 0.25) is 10.0 Å². The van der Waals surface area contributed by atoms with Crippen molar-refractivity contribution in [2.45, 2.75) is 17.5 Å². The average Bonchev–Trinajstić information content (AvgIpc) is 2.87. The molecule has 1 aliphatic rings. The molecule has 2 N–H and O–H groups in total. The average molecular weight is 424 g/mol. The van der Waals surface area contributed by atoms with Gasteiger partial charge in [-0.2, -0.15) is 17.5 Å². The molecule has 0 amide bonds. The summed E-state index contributed by atoms with van der Waals surface area (Å²) >= 11 is 2.79. The summed E-state index contributed by atoms with van der Waals surface area (Å²) in [4.78, 5) is -0.351. The fourth-order valence-electron chi connectivity index (χ4n) is 2.24. The molecular formula is C12H15BrClF3N2O2S. The standard InChI is InChI=1S/C12H14BrF3N2O2S.ClH/c13-11-2-1-9(5-10(11)12(14,15)16)21(19,20)18-4-3-8(6-17)7-18;/h1-2,5,8H,3-4,6-7,17H2;1H. The number of benzene rings is 1. The molecule has 126 valence electrons. The number of hydrogen-bond acceptors (Lipinski definition) is 3. The van der Waals surface area contributed by atoms with Crippen molar-refractivity contribution in [2.24, 2.45) is 11.7 Å². The Labute approximate surface area is 141 Å². The lowest BCUT2D eigenvalue weighted by Gasteiger charge is -2.18. The highest BCUT2D eigenvalue weighted by atomic mass is 79.9. The lowest BCUT2D eigenvalue weighted by Crippen LogP contribution is -2.30. The molecule has 2 rings (SSSR count). The van der Waals surface area contributed by atoms with E-state index in [9.17, 15) is 21.6 Å². The van der Waals surface area contributed by atoms with E-state index in [1.165, 1.54) is 10.4 Å². The number of nitrogens with zero attached hydrogens (tertiary/aromatic N) is 1. The number of hydrogen-bond donors (Lipinski definition) is 1. The van der Waals surface area contributed by atoms with Crippen LogP contribution in [0.3, 0.4) is 0 Å². The lowest BCUT2D eigenvalue weighted by molar-refractivity contribution is -0.138. The van der Waals surface area contributed by atoms with E-state index in [0.717, 1.165) is 6.07 Å². The number of halogens is 5. The normalized spacial score (nSPS) is 20.0. The molecule has 1 aromatic rings. The minimum absolute atomic E-state index is 0. The molecule has 0 saturated carbocycles. The number of nitrogens with two attached hydrogens (primary N) is 1. The van der Waals surface area contributed by atoms with Gasteiger partial charge in [-0.05, 0) is 37.1 Å². The van der Waals surface area contributed by atoms with Crippen LogP contribution in [0.5, 0.6) is 0 Å². The Morgan fingerprint density at radius 1 is 1.36 bits per heavy atom. The molecule has 0 spiro atoms. The first-order valence-electron chi connectivity index (χ1n) is 6.23. The molecule has 10 heteroatoms. The van der Waals surface area contributed by atoms with Crippen molar-refractivity contribution < 1.29 is 21.6 Å². The second-order valence-electron chi connectivity index (χ2n) is 4.89. The monoisotopic (exact) mass is 422 g/mol. The molecule has 1 atom stereocenters. The summed E-state index contributed by atoms with van der Waals surface area (Å²) in [6.07, 6.45) is -3.99. The Balaban J connectivity index is 0.00000242. The molecule has 1 fully saturated rings. The van der Waals surface area contributed by atoms with E-state index < -0.39 is 21.8 Å². The second-order valence-corrected chi connectivity index (χ2v) is 7.69. The highest BCUT2D eigenvalue weighted by molar-refractivity contribution is 9.10. The third-order valence-corrected chi connectivity index (χ3v) is 6.02. The first kappa shape index (κ1) is 19.7. The Hall–Kier alpha value is -0.350. The van der Waals surface area contributed by atoms with Crippen LogP contribution in [0.4, 0.5) is 13.2 Å². The molecule has 22 heavy (non-hydrogen) atoms. The summed E-state index contributed by atoms with van der Waals surface area (Å²) in [6, 6.07) is 2.94. The quantitative estimate of drug-likeness (QED) is 0.813. The SMILES string of the molecule is Cl.NCC1CCN(S(=O)(=O)c2ccc(Br)c(C(F)(F)F)c2)C1. The summed E-state index contributed by atoms with van der Waals surface area (Å²) in [7, 11) is -3.92. The molecule has 1 saturated heterocycles. The summed E-state index contributed by atoms with van der Waals surface area (Å²) in [6.45, 7) is 0.887. The highest BCUT2D eigenvalue weighted by Gasteiger charge is 2.36. The fraction of sp³-hybridized carbons (Fsp3) is 0.500. The Morgan fingerprint density at radius 2 is 2.00 bits per heavy atom. The van der Waals surface area contributed by atoms with Crippen LogP contribution < -0.4 is 5.73 Å². The first-order chi connectivity index (χ1) is 9.66.